The van der Waals surface area contributed by atoms with Crippen LogP contribution in [0, 0.1) is 0 Å². The minimum atomic E-state index is 0.473. The fourth-order valence-corrected chi connectivity index (χ4v) is 3.13. The average Bonchev–Trinajstić information content (AvgIpc) is 2.70. The van der Waals surface area contributed by atoms with Gasteiger partial charge in [0.25, 0.3) is 0 Å². The lowest BCUT2D eigenvalue weighted by molar-refractivity contribution is 0.867. The molecule has 0 atom stereocenters. The molecule has 2 rings (SSSR count). The number of halogens is 1. The Hall–Kier alpha value is -0.710. The highest BCUT2D eigenvalue weighted by Gasteiger charge is 2.09. The van der Waals surface area contributed by atoms with Crippen molar-refractivity contribution in [3.63, 3.8) is 0 Å². The quantitative estimate of drug-likeness (QED) is 0.924. The largest absolute Gasteiger partial charge is 0.325 e. The summed E-state index contributed by atoms with van der Waals surface area (Å²) in [5.41, 5.74) is 9.05. The van der Waals surface area contributed by atoms with Gasteiger partial charge in [-0.25, -0.2) is 4.98 Å². The summed E-state index contributed by atoms with van der Waals surface area (Å²) in [7, 11) is 0. The maximum Gasteiger partial charge on any atom is 0.124 e. The zero-order valence-corrected chi connectivity index (χ0v) is 12.3. The summed E-state index contributed by atoms with van der Waals surface area (Å²) in [6, 6.07) is 8.58. The van der Waals surface area contributed by atoms with E-state index in [9.17, 15) is 0 Å². The number of rotatable bonds is 3. The summed E-state index contributed by atoms with van der Waals surface area (Å²) in [5, 5.41) is 1.02. The molecule has 0 aliphatic rings. The van der Waals surface area contributed by atoms with Crippen molar-refractivity contribution >= 4 is 27.3 Å². The van der Waals surface area contributed by atoms with Crippen LogP contribution in [0.15, 0.2) is 28.1 Å². The van der Waals surface area contributed by atoms with Gasteiger partial charge in [0, 0.05) is 12.1 Å². The van der Waals surface area contributed by atoms with Gasteiger partial charge < -0.3 is 5.73 Å². The molecule has 0 aliphatic heterocycles. The van der Waals surface area contributed by atoms with Gasteiger partial charge in [-0.1, -0.05) is 38.1 Å². The smallest absolute Gasteiger partial charge is 0.124 e. The van der Waals surface area contributed by atoms with Crippen LogP contribution in [-0.4, -0.2) is 4.98 Å². The zero-order valence-electron chi connectivity index (χ0n) is 9.90. The van der Waals surface area contributed by atoms with E-state index in [1.54, 1.807) is 11.3 Å². The monoisotopic (exact) mass is 310 g/mol. The molecular formula is C13H15BrN2S. The van der Waals surface area contributed by atoms with Crippen LogP contribution in [-0.2, 0) is 6.54 Å². The normalized spacial score (nSPS) is 11.1. The predicted octanol–water partition coefficient (Wildman–Crippen LogP) is 4.15. The third kappa shape index (κ3) is 2.76. The fraction of sp³-hybridized carbons (Fsp3) is 0.308. The highest BCUT2D eigenvalue weighted by Crippen LogP contribution is 2.32. The Labute approximate surface area is 114 Å². The summed E-state index contributed by atoms with van der Waals surface area (Å²) in [6.07, 6.45) is 0. The third-order valence-corrected chi connectivity index (χ3v) is 4.55. The Balaban J connectivity index is 2.33. The molecule has 0 radical (unpaired) electrons. The van der Waals surface area contributed by atoms with Gasteiger partial charge in [0.2, 0.25) is 0 Å². The third-order valence-electron chi connectivity index (χ3n) is 2.67. The van der Waals surface area contributed by atoms with Crippen molar-refractivity contribution in [3.05, 3.63) is 39.3 Å². The number of aromatic nitrogens is 1. The van der Waals surface area contributed by atoms with Gasteiger partial charge in [-0.15, -0.1) is 11.3 Å². The Morgan fingerprint density at radius 3 is 2.41 bits per heavy atom. The van der Waals surface area contributed by atoms with E-state index in [-0.39, 0.29) is 0 Å². The van der Waals surface area contributed by atoms with Gasteiger partial charge in [0.1, 0.15) is 5.01 Å². The van der Waals surface area contributed by atoms with E-state index in [1.165, 1.54) is 5.56 Å². The van der Waals surface area contributed by atoms with Gasteiger partial charge in [0.05, 0.1) is 9.48 Å². The van der Waals surface area contributed by atoms with E-state index < -0.39 is 0 Å². The predicted molar refractivity (Wildman–Crippen MR) is 77.2 cm³/mol. The molecule has 2 nitrogen and oxygen atoms in total. The van der Waals surface area contributed by atoms with E-state index >= 15 is 0 Å². The Bertz CT molecular complexity index is 503. The fourth-order valence-electron chi connectivity index (χ4n) is 1.59. The molecule has 0 spiro atoms. The van der Waals surface area contributed by atoms with Gasteiger partial charge in [-0.3, -0.25) is 0 Å². The number of benzene rings is 1. The first-order chi connectivity index (χ1) is 8.11. The van der Waals surface area contributed by atoms with Crippen LogP contribution in [0.1, 0.15) is 31.0 Å². The first-order valence-electron chi connectivity index (χ1n) is 5.57. The minimum absolute atomic E-state index is 0.473. The number of nitrogens with two attached hydrogens (primary N) is 1. The van der Waals surface area contributed by atoms with Gasteiger partial charge in [-0.05, 0) is 27.4 Å². The molecule has 0 aliphatic carbocycles. The lowest BCUT2D eigenvalue weighted by Crippen LogP contribution is -1.96. The summed E-state index contributed by atoms with van der Waals surface area (Å²) in [4.78, 5) is 4.52. The minimum Gasteiger partial charge on any atom is -0.325 e. The average molecular weight is 311 g/mol. The molecule has 0 fully saturated rings. The SMILES string of the molecule is CC(C)c1ccc(-c2nc(CN)c(Br)s2)cc1. The molecule has 1 aromatic heterocycles. The second-order valence-corrected chi connectivity index (χ2v) is 6.54. The first kappa shape index (κ1) is 12.7. The number of nitrogens with zero attached hydrogens (tertiary/aromatic N) is 1. The van der Waals surface area contributed by atoms with Crippen LogP contribution >= 0.6 is 27.3 Å². The topological polar surface area (TPSA) is 38.9 Å². The van der Waals surface area contributed by atoms with E-state index in [1.807, 2.05) is 0 Å². The molecule has 2 aromatic rings. The standard InChI is InChI=1S/C13H15BrN2S/c1-8(2)9-3-5-10(6-4-9)13-16-11(7-15)12(14)17-13/h3-6,8H,7,15H2,1-2H3. The lowest BCUT2D eigenvalue weighted by atomic mass is 10.0. The molecule has 4 heteroatoms. The second kappa shape index (κ2) is 5.29. The van der Waals surface area contributed by atoms with Gasteiger partial charge in [0.15, 0.2) is 0 Å². The van der Waals surface area contributed by atoms with Crippen LogP contribution in [0.4, 0.5) is 0 Å². The van der Waals surface area contributed by atoms with Crippen molar-refractivity contribution < 1.29 is 0 Å². The number of hydrogen-bond acceptors (Lipinski definition) is 3. The summed E-state index contributed by atoms with van der Waals surface area (Å²) in [5.74, 6) is 0.562. The lowest BCUT2D eigenvalue weighted by Gasteiger charge is -2.05. The second-order valence-electron chi connectivity index (χ2n) is 4.22. The van der Waals surface area contributed by atoms with Crippen molar-refractivity contribution in [2.45, 2.75) is 26.3 Å². The summed E-state index contributed by atoms with van der Waals surface area (Å²) in [6.45, 7) is 4.87. The Morgan fingerprint density at radius 2 is 1.94 bits per heavy atom. The first-order valence-corrected chi connectivity index (χ1v) is 7.18. The Morgan fingerprint density at radius 1 is 1.29 bits per heavy atom. The summed E-state index contributed by atoms with van der Waals surface area (Å²) >= 11 is 5.12. The number of hydrogen-bond donors (Lipinski definition) is 1. The molecule has 17 heavy (non-hydrogen) atoms. The van der Waals surface area contributed by atoms with Crippen molar-refractivity contribution in [1.82, 2.24) is 4.98 Å². The summed E-state index contributed by atoms with van der Waals surface area (Å²) < 4.78 is 1.03. The molecule has 0 saturated heterocycles. The molecule has 0 bridgehead atoms. The van der Waals surface area contributed by atoms with Crippen molar-refractivity contribution in [3.8, 4) is 10.6 Å². The molecular weight excluding hydrogens is 296 g/mol. The maximum atomic E-state index is 5.62. The van der Waals surface area contributed by atoms with Crippen molar-refractivity contribution in [1.29, 1.82) is 0 Å². The van der Waals surface area contributed by atoms with Crippen LogP contribution in [0.2, 0.25) is 0 Å². The van der Waals surface area contributed by atoms with E-state index in [0.29, 0.717) is 12.5 Å². The van der Waals surface area contributed by atoms with E-state index in [0.717, 1.165) is 20.1 Å². The molecule has 0 amide bonds. The molecule has 1 aromatic carbocycles. The van der Waals surface area contributed by atoms with E-state index in [2.05, 4.69) is 59.0 Å². The number of thiazole rings is 1. The van der Waals surface area contributed by atoms with Crippen molar-refractivity contribution in [2.75, 3.05) is 0 Å². The van der Waals surface area contributed by atoms with Crippen molar-refractivity contribution in [2.24, 2.45) is 5.73 Å². The van der Waals surface area contributed by atoms with Crippen LogP contribution < -0.4 is 5.73 Å². The highest BCUT2D eigenvalue weighted by molar-refractivity contribution is 9.11. The molecule has 0 unspecified atom stereocenters. The highest BCUT2D eigenvalue weighted by atomic mass is 79.9. The molecule has 90 valence electrons. The Kier molecular flexibility index (Phi) is 3.97. The maximum absolute atomic E-state index is 5.62. The molecule has 0 saturated carbocycles. The zero-order chi connectivity index (χ0) is 12.4. The van der Waals surface area contributed by atoms with Crippen LogP contribution in [0.25, 0.3) is 10.6 Å². The molecule has 2 N–H and O–H groups in total. The van der Waals surface area contributed by atoms with Gasteiger partial charge in [-0.2, -0.15) is 0 Å². The van der Waals surface area contributed by atoms with Crippen LogP contribution in [0.3, 0.4) is 0 Å². The van der Waals surface area contributed by atoms with E-state index in [4.69, 9.17) is 5.73 Å². The van der Waals surface area contributed by atoms with Crippen LogP contribution in [0.5, 0.6) is 0 Å². The van der Waals surface area contributed by atoms with Gasteiger partial charge >= 0.3 is 0 Å². The molecule has 1 heterocycles.